The molecular weight excluding hydrogens is 334 g/mol. The van der Waals surface area contributed by atoms with E-state index in [0.717, 1.165) is 11.2 Å². The predicted molar refractivity (Wildman–Crippen MR) is 88.1 cm³/mol. The van der Waals surface area contributed by atoms with Crippen molar-refractivity contribution in [2.75, 3.05) is 13.3 Å². The number of carboxylic acid groups (broad SMARTS) is 1. The first-order valence-corrected chi connectivity index (χ1v) is 9.26. The number of hydrogen-bond acceptors (Lipinski definition) is 5. The van der Waals surface area contributed by atoms with E-state index in [-0.39, 0.29) is 18.1 Å². The molecule has 1 amide bonds. The number of aliphatic carboxylic acids is 1. The minimum absolute atomic E-state index is 0.181. The Bertz CT molecular complexity index is 888. The molecule has 0 radical (unpaired) electrons. The van der Waals surface area contributed by atoms with Gasteiger partial charge >= 0.3 is 5.97 Å². The summed E-state index contributed by atoms with van der Waals surface area (Å²) in [7, 11) is -1.94. The summed E-state index contributed by atoms with van der Waals surface area (Å²) < 4.78 is 24.8. The molecule has 0 fully saturated rings. The molecule has 2 rings (SSSR count). The van der Waals surface area contributed by atoms with Crippen molar-refractivity contribution in [3.63, 3.8) is 0 Å². The van der Waals surface area contributed by atoms with Gasteiger partial charge in [0.15, 0.2) is 9.84 Å². The van der Waals surface area contributed by atoms with E-state index in [1.165, 1.54) is 18.5 Å². The normalized spacial score (nSPS) is 13.0. The monoisotopic (exact) mass is 353 g/mol. The third-order valence-corrected chi connectivity index (χ3v) is 4.53. The van der Waals surface area contributed by atoms with Crippen molar-refractivity contribution in [2.24, 2.45) is 0 Å². The number of nitrogens with zero attached hydrogens (tertiary/aromatic N) is 3. The van der Waals surface area contributed by atoms with Crippen molar-refractivity contribution < 1.29 is 23.1 Å². The molecule has 0 aliphatic carbocycles. The fourth-order valence-corrected chi connectivity index (χ4v) is 2.96. The van der Waals surface area contributed by atoms with Crippen LogP contribution in [-0.2, 0) is 31.7 Å². The SMILES string of the molecule is CC(C(=O)O)N(C)C(=O)Cn1c(CS(C)(=O)=O)nc2ccccc21. The van der Waals surface area contributed by atoms with Crippen LogP contribution in [0.25, 0.3) is 11.0 Å². The van der Waals surface area contributed by atoms with Crippen molar-refractivity contribution in [1.29, 1.82) is 0 Å². The number of benzene rings is 1. The van der Waals surface area contributed by atoms with Gasteiger partial charge in [-0.25, -0.2) is 18.2 Å². The first-order valence-electron chi connectivity index (χ1n) is 7.20. The standard InChI is InChI=1S/C15H19N3O5S/c1-10(15(20)21)17(2)14(19)8-18-12-7-5-4-6-11(12)16-13(18)9-24(3,22)23/h4-7,10H,8-9H2,1-3H3,(H,20,21). The first kappa shape index (κ1) is 17.9. The number of carbonyl (C=O) groups excluding carboxylic acids is 1. The molecule has 1 aromatic carbocycles. The third-order valence-electron chi connectivity index (χ3n) is 3.75. The highest BCUT2D eigenvalue weighted by Gasteiger charge is 2.24. The van der Waals surface area contributed by atoms with Crippen LogP contribution in [-0.4, -0.2) is 59.2 Å². The number of para-hydroxylation sites is 2. The number of amides is 1. The maximum absolute atomic E-state index is 12.4. The third kappa shape index (κ3) is 3.91. The van der Waals surface area contributed by atoms with Crippen LogP contribution in [0.4, 0.5) is 0 Å². The zero-order valence-corrected chi connectivity index (χ0v) is 14.4. The van der Waals surface area contributed by atoms with Crippen LogP contribution in [0.2, 0.25) is 0 Å². The summed E-state index contributed by atoms with van der Waals surface area (Å²) in [5.74, 6) is -1.60. The first-order chi connectivity index (χ1) is 11.1. The molecule has 0 saturated heterocycles. The number of rotatable bonds is 6. The van der Waals surface area contributed by atoms with Gasteiger partial charge < -0.3 is 14.6 Å². The summed E-state index contributed by atoms with van der Waals surface area (Å²) >= 11 is 0. The molecule has 1 atom stereocenters. The van der Waals surface area contributed by atoms with E-state index in [0.29, 0.717) is 11.0 Å². The average Bonchev–Trinajstić information content (AvgIpc) is 2.81. The Labute approximate surface area is 139 Å². The molecule has 1 N–H and O–H groups in total. The van der Waals surface area contributed by atoms with E-state index in [1.807, 2.05) is 0 Å². The van der Waals surface area contributed by atoms with Gasteiger partial charge in [-0.1, -0.05) is 12.1 Å². The van der Waals surface area contributed by atoms with Gasteiger partial charge in [0.2, 0.25) is 5.91 Å². The van der Waals surface area contributed by atoms with E-state index in [2.05, 4.69) is 4.98 Å². The molecule has 0 aliphatic heterocycles. The molecule has 130 valence electrons. The van der Waals surface area contributed by atoms with Gasteiger partial charge in [0.05, 0.1) is 11.0 Å². The second-order valence-corrected chi connectivity index (χ2v) is 7.83. The van der Waals surface area contributed by atoms with E-state index >= 15 is 0 Å². The van der Waals surface area contributed by atoms with Crippen molar-refractivity contribution in [1.82, 2.24) is 14.5 Å². The lowest BCUT2D eigenvalue weighted by Gasteiger charge is -2.22. The van der Waals surface area contributed by atoms with Crippen LogP contribution in [0.15, 0.2) is 24.3 Å². The van der Waals surface area contributed by atoms with Crippen LogP contribution in [0, 0.1) is 0 Å². The van der Waals surface area contributed by atoms with Gasteiger partial charge in [-0.15, -0.1) is 0 Å². The smallest absolute Gasteiger partial charge is 0.326 e. The highest BCUT2D eigenvalue weighted by molar-refractivity contribution is 7.89. The fraction of sp³-hybridized carbons (Fsp3) is 0.400. The quantitative estimate of drug-likeness (QED) is 0.810. The minimum atomic E-state index is -3.34. The summed E-state index contributed by atoms with van der Waals surface area (Å²) in [6.45, 7) is 1.23. The van der Waals surface area contributed by atoms with E-state index < -0.39 is 27.8 Å². The van der Waals surface area contributed by atoms with Crippen LogP contribution >= 0.6 is 0 Å². The Kier molecular flexibility index (Phi) is 4.93. The molecule has 0 aliphatic rings. The van der Waals surface area contributed by atoms with Gasteiger partial charge in [-0.3, -0.25) is 4.79 Å². The lowest BCUT2D eigenvalue weighted by atomic mass is 10.3. The molecule has 1 unspecified atom stereocenters. The molecule has 8 nitrogen and oxygen atoms in total. The summed E-state index contributed by atoms with van der Waals surface area (Å²) in [6, 6.07) is 6.02. The van der Waals surface area contributed by atoms with E-state index in [1.54, 1.807) is 24.3 Å². The zero-order chi connectivity index (χ0) is 18.1. The zero-order valence-electron chi connectivity index (χ0n) is 13.6. The van der Waals surface area contributed by atoms with Gasteiger partial charge in [-0.2, -0.15) is 0 Å². The van der Waals surface area contributed by atoms with E-state index in [9.17, 15) is 18.0 Å². The van der Waals surface area contributed by atoms with Gasteiger partial charge in [-0.05, 0) is 19.1 Å². The number of sulfone groups is 1. The summed E-state index contributed by atoms with van der Waals surface area (Å²) in [5, 5.41) is 9.01. The van der Waals surface area contributed by atoms with Crippen LogP contribution < -0.4 is 0 Å². The minimum Gasteiger partial charge on any atom is -0.480 e. The predicted octanol–water partition coefficient (Wildman–Crippen LogP) is 0.512. The fourth-order valence-electron chi connectivity index (χ4n) is 2.27. The topological polar surface area (TPSA) is 110 Å². The number of carboxylic acids is 1. The number of fused-ring (bicyclic) bond motifs is 1. The van der Waals surface area contributed by atoms with Crippen molar-refractivity contribution in [2.45, 2.75) is 25.3 Å². The van der Waals surface area contributed by atoms with Crippen LogP contribution in [0.3, 0.4) is 0 Å². The Morgan fingerprint density at radius 2 is 1.96 bits per heavy atom. The Balaban J connectivity index is 2.41. The van der Waals surface area contributed by atoms with Crippen LogP contribution in [0.5, 0.6) is 0 Å². The Morgan fingerprint density at radius 1 is 1.33 bits per heavy atom. The van der Waals surface area contributed by atoms with Crippen molar-refractivity contribution >= 4 is 32.7 Å². The number of likely N-dealkylation sites (N-methyl/N-ethyl adjacent to an activating group) is 1. The molecular formula is C15H19N3O5S. The largest absolute Gasteiger partial charge is 0.480 e. The molecule has 0 spiro atoms. The molecule has 1 heterocycles. The summed E-state index contributed by atoms with van der Waals surface area (Å²) in [5.41, 5.74) is 1.21. The molecule has 0 saturated carbocycles. The summed E-state index contributed by atoms with van der Waals surface area (Å²) in [6.07, 6.45) is 1.09. The molecule has 9 heteroatoms. The highest BCUT2D eigenvalue weighted by atomic mass is 32.2. The van der Waals surface area contributed by atoms with Gasteiger partial charge in [0.25, 0.3) is 0 Å². The number of hydrogen-bond donors (Lipinski definition) is 1. The lowest BCUT2D eigenvalue weighted by molar-refractivity contribution is -0.148. The highest BCUT2D eigenvalue weighted by Crippen LogP contribution is 2.18. The van der Waals surface area contributed by atoms with Crippen molar-refractivity contribution in [3.05, 3.63) is 30.1 Å². The van der Waals surface area contributed by atoms with Crippen LogP contribution in [0.1, 0.15) is 12.7 Å². The molecule has 2 aromatic rings. The molecule has 24 heavy (non-hydrogen) atoms. The number of imidazole rings is 1. The average molecular weight is 353 g/mol. The second-order valence-electron chi connectivity index (χ2n) is 5.69. The Morgan fingerprint density at radius 3 is 2.54 bits per heavy atom. The maximum atomic E-state index is 12.4. The summed E-state index contributed by atoms with van der Waals surface area (Å²) in [4.78, 5) is 28.8. The second kappa shape index (κ2) is 6.60. The maximum Gasteiger partial charge on any atom is 0.326 e. The molecule has 0 bridgehead atoms. The Hall–Kier alpha value is -2.42. The molecule has 1 aromatic heterocycles. The van der Waals surface area contributed by atoms with Gasteiger partial charge in [0, 0.05) is 13.3 Å². The number of carbonyl (C=O) groups is 2. The van der Waals surface area contributed by atoms with Crippen molar-refractivity contribution in [3.8, 4) is 0 Å². The van der Waals surface area contributed by atoms with E-state index in [4.69, 9.17) is 5.11 Å². The lowest BCUT2D eigenvalue weighted by Crippen LogP contribution is -2.42. The van der Waals surface area contributed by atoms with Gasteiger partial charge in [0.1, 0.15) is 24.2 Å². The number of aromatic nitrogens is 2.